The molecule has 0 aromatic heterocycles. The summed E-state index contributed by atoms with van der Waals surface area (Å²) < 4.78 is 13.0. The lowest BCUT2D eigenvalue weighted by atomic mass is 10.2. The molecule has 1 aromatic rings. The van der Waals surface area contributed by atoms with Crippen molar-refractivity contribution < 1.29 is 14.0 Å². The molecule has 20 heavy (non-hydrogen) atoms. The van der Waals surface area contributed by atoms with Gasteiger partial charge in [-0.2, -0.15) is 0 Å². The molecule has 1 aliphatic rings. The maximum atomic E-state index is 13.0. The summed E-state index contributed by atoms with van der Waals surface area (Å²) in [6.45, 7) is 2.76. The monoisotopic (exact) mass is 297 g/mol. The minimum atomic E-state index is -0.484. The molecule has 1 fully saturated rings. The van der Waals surface area contributed by atoms with Crippen LogP contribution in [0.3, 0.4) is 0 Å². The van der Waals surface area contributed by atoms with Gasteiger partial charge in [0.1, 0.15) is 5.82 Å². The Labute approximate surface area is 121 Å². The average Bonchev–Trinajstić information content (AvgIpc) is 2.48. The van der Waals surface area contributed by atoms with E-state index in [9.17, 15) is 14.0 Å². The van der Waals surface area contributed by atoms with Gasteiger partial charge in [-0.25, -0.2) is 4.39 Å². The van der Waals surface area contributed by atoms with Crippen LogP contribution in [0.25, 0.3) is 0 Å². The first-order valence-electron chi connectivity index (χ1n) is 6.33. The van der Waals surface area contributed by atoms with E-state index in [4.69, 9.17) is 0 Å². The van der Waals surface area contributed by atoms with Crippen molar-refractivity contribution in [1.29, 1.82) is 0 Å². The number of carbonyl (C=O) groups is 2. The number of amides is 2. The van der Waals surface area contributed by atoms with E-state index in [2.05, 4.69) is 23.3 Å². The van der Waals surface area contributed by atoms with Gasteiger partial charge in [-0.1, -0.05) is 0 Å². The Balaban J connectivity index is 1.88. The lowest BCUT2D eigenvalue weighted by molar-refractivity contribution is -0.130. The topological polar surface area (TPSA) is 61.4 Å². The van der Waals surface area contributed by atoms with Gasteiger partial charge in [-0.15, -0.1) is 12.6 Å². The molecule has 108 valence electrons. The molecule has 1 aliphatic heterocycles. The van der Waals surface area contributed by atoms with Crippen molar-refractivity contribution in [2.24, 2.45) is 0 Å². The highest BCUT2D eigenvalue weighted by Crippen LogP contribution is 2.14. The number of hydrogen-bond donors (Lipinski definition) is 3. The van der Waals surface area contributed by atoms with Crippen molar-refractivity contribution in [3.8, 4) is 0 Å². The average molecular weight is 297 g/mol. The van der Waals surface area contributed by atoms with Crippen LogP contribution in [0.15, 0.2) is 23.1 Å². The van der Waals surface area contributed by atoms with Crippen LogP contribution in [-0.4, -0.2) is 49.4 Å². The minimum Gasteiger partial charge on any atom is -0.343 e. The van der Waals surface area contributed by atoms with Crippen LogP contribution in [-0.2, 0) is 4.79 Å². The normalized spacial score (nSPS) is 15.0. The third kappa shape index (κ3) is 3.71. The third-order valence-electron chi connectivity index (χ3n) is 3.08. The third-order valence-corrected chi connectivity index (χ3v) is 3.42. The zero-order valence-electron chi connectivity index (χ0n) is 10.9. The van der Waals surface area contributed by atoms with Crippen LogP contribution in [0.1, 0.15) is 10.4 Å². The fourth-order valence-corrected chi connectivity index (χ4v) is 2.15. The number of hydrogen-bond acceptors (Lipinski definition) is 4. The smallest absolute Gasteiger partial charge is 0.251 e. The Morgan fingerprint density at radius 3 is 2.70 bits per heavy atom. The fourth-order valence-electron chi connectivity index (χ4n) is 1.94. The Bertz CT molecular complexity index is 518. The first-order chi connectivity index (χ1) is 9.58. The van der Waals surface area contributed by atoms with Crippen LogP contribution in [0.4, 0.5) is 4.39 Å². The maximum absolute atomic E-state index is 13.0. The Morgan fingerprint density at radius 1 is 1.35 bits per heavy atom. The SMILES string of the molecule is O=C(NCC(=O)N1CCNCC1)c1ccc(F)c(S)c1. The number of thiol groups is 1. The summed E-state index contributed by atoms with van der Waals surface area (Å²) in [6.07, 6.45) is 0. The largest absolute Gasteiger partial charge is 0.343 e. The molecule has 1 saturated heterocycles. The van der Waals surface area contributed by atoms with Crippen molar-refractivity contribution in [3.63, 3.8) is 0 Å². The number of nitrogens with one attached hydrogen (secondary N) is 2. The van der Waals surface area contributed by atoms with Gasteiger partial charge in [0.05, 0.1) is 6.54 Å². The molecule has 0 atom stereocenters. The zero-order valence-corrected chi connectivity index (χ0v) is 11.8. The molecule has 0 saturated carbocycles. The van der Waals surface area contributed by atoms with Gasteiger partial charge in [-0.3, -0.25) is 9.59 Å². The van der Waals surface area contributed by atoms with Crippen LogP contribution >= 0.6 is 12.6 Å². The van der Waals surface area contributed by atoms with Crippen molar-refractivity contribution in [1.82, 2.24) is 15.5 Å². The lowest BCUT2D eigenvalue weighted by Crippen LogP contribution is -2.49. The predicted octanol–water partition coefficient (Wildman–Crippen LogP) is 0.276. The van der Waals surface area contributed by atoms with E-state index >= 15 is 0 Å². The van der Waals surface area contributed by atoms with Crippen molar-refractivity contribution >= 4 is 24.4 Å². The molecule has 5 nitrogen and oxygen atoms in total. The molecule has 0 aliphatic carbocycles. The van der Waals surface area contributed by atoms with Gasteiger partial charge < -0.3 is 15.5 Å². The zero-order chi connectivity index (χ0) is 14.5. The standard InChI is InChI=1S/C13H16FN3O2S/c14-10-2-1-9(7-11(10)20)13(19)16-8-12(18)17-5-3-15-4-6-17/h1-2,7,15,20H,3-6,8H2,(H,16,19). The van der Waals surface area contributed by atoms with E-state index < -0.39 is 11.7 Å². The van der Waals surface area contributed by atoms with Gasteiger partial charge >= 0.3 is 0 Å². The van der Waals surface area contributed by atoms with Gasteiger partial charge in [0.2, 0.25) is 5.91 Å². The molecule has 0 spiro atoms. The fraction of sp³-hybridized carbons (Fsp3) is 0.385. The molecule has 2 rings (SSSR count). The summed E-state index contributed by atoms with van der Waals surface area (Å²) in [5, 5.41) is 5.68. The number of benzene rings is 1. The van der Waals surface area contributed by atoms with Crippen molar-refractivity contribution in [3.05, 3.63) is 29.6 Å². The van der Waals surface area contributed by atoms with Crippen LogP contribution in [0.5, 0.6) is 0 Å². The number of piperazine rings is 1. The highest BCUT2D eigenvalue weighted by atomic mass is 32.1. The molecule has 1 aromatic carbocycles. The van der Waals surface area contributed by atoms with Crippen LogP contribution in [0.2, 0.25) is 0 Å². The number of nitrogens with zero attached hydrogens (tertiary/aromatic N) is 1. The van der Waals surface area contributed by atoms with E-state index in [1.807, 2.05) is 0 Å². The molecule has 0 unspecified atom stereocenters. The summed E-state index contributed by atoms with van der Waals surface area (Å²) in [7, 11) is 0. The summed E-state index contributed by atoms with van der Waals surface area (Å²) in [5.74, 6) is -1.02. The Morgan fingerprint density at radius 2 is 2.05 bits per heavy atom. The number of rotatable bonds is 3. The molecule has 1 heterocycles. The van der Waals surface area contributed by atoms with Crippen LogP contribution < -0.4 is 10.6 Å². The molecule has 0 bridgehead atoms. The molecular formula is C13H16FN3O2S. The summed E-state index contributed by atoms with van der Waals surface area (Å²) in [4.78, 5) is 25.5. The summed E-state index contributed by atoms with van der Waals surface area (Å²) in [6, 6.07) is 3.87. The Hall–Kier alpha value is -1.60. The summed E-state index contributed by atoms with van der Waals surface area (Å²) >= 11 is 3.92. The van der Waals surface area contributed by atoms with Gasteiger partial charge in [0, 0.05) is 36.6 Å². The Kier molecular flexibility index (Phi) is 4.97. The molecule has 0 radical (unpaired) electrons. The van der Waals surface area contributed by atoms with Gasteiger partial charge in [-0.05, 0) is 18.2 Å². The van der Waals surface area contributed by atoms with E-state index in [1.165, 1.54) is 18.2 Å². The highest BCUT2D eigenvalue weighted by molar-refractivity contribution is 7.80. The minimum absolute atomic E-state index is 0.0574. The highest BCUT2D eigenvalue weighted by Gasteiger charge is 2.17. The second-order valence-electron chi connectivity index (χ2n) is 4.48. The van der Waals surface area contributed by atoms with Gasteiger partial charge in [0.15, 0.2) is 0 Å². The number of carbonyl (C=O) groups excluding carboxylic acids is 2. The van der Waals surface area contributed by atoms with Crippen molar-refractivity contribution in [2.75, 3.05) is 32.7 Å². The lowest BCUT2D eigenvalue weighted by Gasteiger charge is -2.27. The molecule has 7 heteroatoms. The first-order valence-corrected chi connectivity index (χ1v) is 6.78. The summed E-state index contributed by atoms with van der Waals surface area (Å²) in [5.41, 5.74) is 0.282. The van der Waals surface area contributed by atoms with E-state index in [0.29, 0.717) is 13.1 Å². The van der Waals surface area contributed by atoms with Gasteiger partial charge in [0.25, 0.3) is 5.91 Å². The second-order valence-corrected chi connectivity index (χ2v) is 4.96. The quantitative estimate of drug-likeness (QED) is 0.702. The van der Waals surface area contributed by atoms with Crippen LogP contribution in [0, 0.1) is 5.82 Å². The van der Waals surface area contributed by atoms with E-state index in [1.54, 1.807) is 4.90 Å². The molecular weight excluding hydrogens is 281 g/mol. The van der Waals surface area contributed by atoms with E-state index in [-0.39, 0.29) is 22.9 Å². The van der Waals surface area contributed by atoms with E-state index in [0.717, 1.165) is 13.1 Å². The first kappa shape index (κ1) is 14.8. The molecule has 2 N–H and O–H groups in total. The number of halogens is 1. The molecule has 2 amide bonds. The maximum Gasteiger partial charge on any atom is 0.251 e. The second kappa shape index (κ2) is 6.71. The van der Waals surface area contributed by atoms with Crippen molar-refractivity contribution in [2.45, 2.75) is 4.90 Å². The predicted molar refractivity (Wildman–Crippen MR) is 75.4 cm³/mol.